The minimum atomic E-state index is -0.434. The van der Waals surface area contributed by atoms with E-state index in [1.165, 1.54) is 25.3 Å². The maximum atomic E-state index is 12.9. The van der Waals surface area contributed by atoms with Gasteiger partial charge in [0.25, 0.3) is 0 Å². The molecule has 3 nitrogen and oxygen atoms in total. The first-order chi connectivity index (χ1) is 9.02. The molecule has 102 valence electrons. The van der Waals surface area contributed by atoms with Crippen molar-refractivity contribution in [2.45, 2.75) is 13.5 Å². The summed E-state index contributed by atoms with van der Waals surface area (Å²) in [5.41, 5.74) is 1.20. The lowest BCUT2D eigenvalue weighted by Gasteiger charge is -2.02. The van der Waals surface area contributed by atoms with Gasteiger partial charge in [0.1, 0.15) is 5.82 Å². The van der Waals surface area contributed by atoms with Crippen molar-refractivity contribution < 1.29 is 13.9 Å². The third-order valence-corrected chi connectivity index (χ3v) is 2.52. The van der Waals surface area contributed by atoms with E-state index in [9.17, 15) is 9.18 Å². The van der Waals surface area contributed by atoms with E-state index in [-0.39, 0.29) is 5.82 Å². The Bertz CT molecular complexity index is 512. The predicted molar refractivity (Wildman–Crippen MR) is 72.9 cm³/mol. The lowest BCUT2D eigenvalue weighted by molar-refractivity contribution is -0.136. The summed E-state index contributed by atoms with van der Waals surface area (Å²) in [4.78, 5) is 11.1. The molecule has 5 heteroatoms. The fourth-order valence-electron chi connectivity index (χ4n) is 1.38. The van der Waals surface area contributed by atoms with Crippen molar-refractivity contribution in [3.63, 3.8) is 0 Å². The van der Waals surface area contributed by atoms with E-state index in [0.717, 1.165) is 5.56 Å². The summed E-state index contributed by atoms with van der Waals surface area (Å²) in [7, 11) is 1.31. The van der Waals surface area contributed by atoms with Gasteiger partial charge < -0.3 is 10.1 Å². The van der Waals surface area contributed by atoms with Gasteiger partial charge in [-0.15, -0.1) is 0 Å². The molecule has 0 saturated heterocycles. The Balaban J connectivity index is 2.55. The topological polar surface area (TPSA) is 38.3 Å². The lowest BCUT2D eigenvalue weighted by atomic mass is 10.2. The Kier molecular flexibility index (Phi) is 6.09. The molecule has 0 bridgehead atoms. The Morgan fingerprint density at radius 1 is 1.53 bits per heavy atom. The first-order valence-corrected chi connectivity index (χ1v) is 6.01. The van der Waals surface area contributed by atoms with Gasteiger partial charge in [-0.2, -0.15) is 0 Å². The number of methoxy groups -OCH3 is 1. The number of benzene rings is 1. The molecule has 0 atom stereocenters. The monoisotopic (exact) mass is 283 g/mol. The molecule has 1 aromatic carbocycles. The van der Waals surface area contributed by atoms with E-state index in [4.69, 9.17) is 11.6 Å². The van der Waals surface area contributed by atoms with Crippen molar-refractivity contribution in [3.05, 3.63) is 58.5 Å². The molecule has 0 aliphatic heterocycles. The van der Waals surface area contributed by atoms with E-state index in [1.54, 1.807) is 25.3 Å². The number of nitrogens with one attached hydrogen (secondary N) is 1. The first kappa shape index (κ1) is 15.2. The average Bonchev–Trinajstić information content (AvgIpc) is 2.37. The molecule has 0 aliphatic rings. The van der Waals surface area contributed by atoms with Crippen LogP contribution in [0.5, 0.6) is 0 Å². The van der Waals surface area contributed by atoms with Gasteiger partial charge >= 0.3 is 5.97 Å². The van der Waals surface area contributed by atoms with E-state index < -0.39 is 5.97 Å². The van der Waals surface area contributed by atoms with Gasteiger partial charge in [-0.1, -0.05) is 23.7 Å². The average molecular weight is 284 g/mol. The second-order valence-corrected chi connectivity index (χ2v) is 4.30. The molecule has 0 amide bonds. The molecular formula is C14H15ClFNO2. The molecule has 0 heterocycles. The third-order valence-electron chi connectivity index (χ3n) is 2.30. The molecule has 0 aromatic heterocycles. The second-order valence-electron chi connectivity index (χ2n) is 3.86. The molecule has 19 heavy (non-hydrogen) atoms. The van der Waals surface area contributed by atoms with Crippen molar-refractivity contribution in [2.24, 2.45) is 0 Å². The maximum Gasteiger partial charge on any atom is 0.333 e. The van der Waals surface area contributed by atoms with Crippen molar-refractivity contribution in [3.8, 4) is 0 Å². The maximum absolute atomic E-state index is 12.9. The zero-order valence-electron chi connectivity index (χ0n) is 10.7. The molecule has 1 rings (SSSR count). The van der Waals surface area contributed by atoms with Crippen LogP contribution in [0.1, 0.15) is 12.5 Å². The summed E-state index contributed by atoms with van der Waals surface area (Å²) < 4.78 is 17.5. The summed E-state index contributed by atoms with van der Waals surface area (Å²) in [6.45, 7) is 2.05. The van der Waals surface area contributed by atoms with Crippen LogP contribution in [0.4, 0.5) is 4.39 Å². The quantitative estimate of drug-likeness (QED) is 0.513. The highest BCUT2D eigenvalue weighted by Crippen LogP contribution is 2.08. The molecule has 0 radical (unpaired) electrons. The number of hydrogen-bond acceptors (Lipinski definition) is 3. The molecule has 0 unspecified atom stereocenters. The molecule has 0 saturated carbocycles. The lowest BCUT2D eigenvalue weighted by Crippen LogP contribution is -2.06. The number of hydrogen-bond donors (Lipinski definition) is 1. The van der Waals surface area contributed by atoms with Crippen LogP contribution in [0.2, 0.25) is 0 Å². The molecule has 0 fully saturated rings. The van der Waals surface area contributed by atoms with Crippen LogP contribution in [-0.4, -0.2) is 13.1 Å². The van der Waals surface area contributed by atoms with E-state index in [2.05, 4.69) is 10.1 Å². The first-order valence-electron chi connectivity index (χ1n) is 5.63. The van der Waals surface area contributed by atoms with Gasteiger partial charge in [-0.25, -0.2) is 9.18 Å². The van der Waals surface area contributed by atoms with Crippen molar-refractivity contribution >= 4 is 17.6 Å². The van der Waals surface area contributed by atoms with Crippen LogP contribution in [0, 0.1) is 5.82 Å². The number of allylic oxidation sites excluding steroid dienone is 2. The molecule has 1 aromatic rings. The largest absolute Gasteiger partial charge is 0.466 e. The number of ether oxygens (including phenoxy) is 1. The highest BCUT2D eigenvalue weighted by molar-refractivity contribution is 6.31. The minimum absolute atomic E-state index is 0.282. The van der Waals surface area contributed by atoms with Crippen molar-refractivity contribution in [2.75, 3.05) is 7.11 Å². The number of carbonyl (C=O) groups excluding carboxylic acids is 1. The summed E-state index contributed by atoms with van der Waals surface area (Å²) in [5, 5.41) is 3.29. The predicted octanol–water partition coefficient (Wildman–Crippen LogP) is 3.11. The fraction of sp³-hybridized carbons (Fsp3) is 0.214. The highest BCUT2D eigenvalue weighted by atomic mass is 35.5. The van der Waals surface area contributed by atoms with E-state index in [0.29, 0.717) is 17.2 Å². The number of carbonyl (C=O) groups is 1. The van der Waals surface area contributed by atoms with Crippen LogP contribution >= 0.6 is 11.6 Å². The van der Waals surface area contributed by atoms with Crippen LogP contribution in [0.3, 0.4) is 0 Å². The van der Waals surface area contributed by atoms with Crippen molar-refractivity contribution in [1.82, 2.24) is 5.32 Å². The van der Waals surface area contributed by atoms with Gasteiger partial charge in [0.05, 0.1) is 12.1 Å². The van der Waals surface area contributed by atoms with Gasteiger partial charge in [-0.05, 0) is 30.7 Å². The van der Waals surface area contributed by atoms with Crippen LogP contribution in [-0.2, 0) is 16.1 Å². The Morgan fingerprint density at radius 3 is 2.89 bits per heavy atom. The number of rotatable bonds is 5. The van der Waals surface area contributed by atoms with Crippen LogP contribution in [0.15, 0.2) is 47.1 Å². The van der Waals surface area contributed by atoms with Crippen LogP contribution in [0.25, 0.3) is 0 Å². The van der Waals surface area contributed by atoms with Gasteiger partial charge in [-0.3, -0.25) is 0 Å². The molecular weight excluding hydrogens is 269 g/mol. The second kappa shape index (κ2) is 7.59. The van der Waals surface area contributed by atoms with Crippen LogP contribution < -0.4 is 5.32 Å². The summed E-state index contributed by atoms with van der Waals surface area (Å²) in [6, 6.07) is 6.26. The summed E-state index contributed by atoms with van der Waals surface area (Å²) >= 11 is 5.91. The van der Waals surface area contributed by atoms with Gasteiger partial charge in [0, 0.05) is 18.3 Å². The van der Waals surface area contributed by atoms with Crippen molar-refractivity contribution in [1.29, 1.82) is 0 Å². The van der Waals surface area contributed by atoms with E-state index >= 15 is 0 Å². The fourth-order valence-corrected chi connectivity index (χ4v) is 1.62. The number of esters is 1. The van der Waals surface area contributed by atoms with Gasteiger partial charge in [0.15, 0.2) is 0 Å². The zero-order chi connectivity index (χ0) is 14.3. The minimum Gasteiger partial charge on any atom is -0.466 e. The smallest absolute Gasteiger partial charge is 0.333 e. The molecule has 0 spiro atoms. The summed E-state index contributed by atoms with van der Waals surface area (Å²) in [6.07, 6.45) is 3.03. The molecule has 1 N–H and O–H groups in total. The summed E-state index contributed by atoms with van der Waals surface area (Å²) in [5.74, 6) is -0.715. The highest BCUT2D eigenvalue weighted by Gasteiger charge is 2.02. The Hall–Kier alpha value is -1.81. The molecule has 0 aliphatic carbocycles. The standard InChI is InChI=1S/C14H15ClFNO2/c1-10(14(18)19-2)6-12(15)9-17-8-11-4-3-5-13(16)7-11/h3-7,9,17H,8H2,1-2H3/b10-6+,12-9+. The normalized spacial score (nSPS) is 12.2. The number of halogens is 2. The van der Waals surface area contributed by atoms with E-state index in [1.807, 2.05) is 0 Å². The Morgan fingerprint density at radius 2 is 2.26 bits per heavy atom. The Labute approximate surface area is 116 Å². The van der Waals surface area contributed by atoms with Gasteiger partial charge in [0.2, 0.25) is 0 Å². The SMILES string of the molecule is COC(=O)/C(C)=C/C(Cl)=C\NCc1cccc(F)c1. The zero-order valence-corrected chi connectivity index (χ0v) is 11.5. The third kappa shape index (κ3) is 5.57.